The van der Waals surface area contributed by atoms with Crippen molar-refractivity contribution >= 4 is 21.7 Å². The van der Waals surface area contributed by atoms with Gasteiger partial charge in [-0.3, -0.25) is 0 Å². The fourth-order valence-electron chi connectivity index (χ4n) is 4.04. The first-order chi connectivity index (χ1) is 14.6. The standard InChI is InChI=1S/C27H27FO2/c1-3-4-5-6-7-8-20-13-16-23-22-15-14-21(19-11-9-18(2)10-12-19)17-24(22)27(29)30-26(23)25(20)28/h9-17H,3-8H2,1-2H3. The van der Waals surface area contributed by atoms with Gasteiger partial charge in [-0.15, -0.1) is 0 Å². The fourth-order valence-corrected chi connectivity index (χ4v) is 4.04. The topological polar surface area (TPSA) is 30.2 Å². The molecule has 0 radical (unpaired) electrons. The van der Waals surface area contributed by atoms with Crippen molar-refractivity contribution in [1.29, 1.82) is 0 Å². The lowest BCUT2D eigenvalue weighted by atomic mass is 9.98. The minimum Gasteiger partial charge on any atom is -0.419 e. The van der Waals surface area contributed by atoms with E-state index in [0.29, 0.717) is 22.8 Å². The van der Waals surface area contributed by atoms with Gasteiger partial charge in [0.2, 0.25) is 0 Å². The third-order valence-corrected chi connectivity index (χ3v) is 5.84. The van der Waals surface area contributed by atoms with Gasteiger partial charge in [0.25, 0.3) is 0 Å². The Kier molecular flexibility index (Phi) is 5.98. The zero-order valence-corrected chi connectivity index (χ0v) is 17.6. The predicted molar refractivity (Wildman–Crippen MR) is 123 cm³/mol. The number of unbranched alkanes of at least 4 members (excludes halogenated alkanes) is 4. The zero-order valence-electron chi connectivity index (χ0n) is 17.6. The lowest BCUT2D eigenvalue weighted by Gasteiger charge is -2.09. The molecule has 0 saturated heterocycles. The average Bonchev–Trinajstić information content (AvgIpc) is 2.76. The molecule has 4 rings (SSSR count). The molecule has 0 unspecified atom stereocenters. The Bertz CT molecular complexity index is 1240. The maximum absolute atomic E-state index is 15.1. The zero-order chi connectivity index (χ0) is 21.1. The van der Waals surface area contributed by atoms with Crippen molar-refractivity contribution < 1.29 is 8.81 Å². The molecule has 0 atom stereocenters. The van der Waals surface area contributed by atoms with E-state index in [1.807, 2.05) is 61.5 Å². The number of hydrogen-bond acceptors (Lipinski definition) is 2. The van der Waals surface area contributed by atoms with E-state index >= 15 is 4.39 Å². The summed E-state index contributed by atoms with van der Waals surface area (Å²) in [6.07, 6.45) is 6.28. The minimum atomic E-state index is -0.495. The summed E-state index contributed by atoms with van der Waals surface area (Å²) < 4.78 is 20.6. The highest BCUT2D eigenvalue weighted by molar-refractivity contribution is 6.05. The van der Waals surface area contributed by atoms with Gasteiger partial charge >= 0.3 is 5.63 Å². The molecular weight excluding hydrogens is 375 g/mol. The molecule has 3 heteroatoms. The largest absolute Gasteiger partial charge is 0.419 e. The average molecular weight is 403 g/mol. The number of benzene rings is 3. The van der Waals surface area contributed by atoms with E-state index in [4.69, 9.17) is 4.42 Å². The van der Waals surface area contributed by atoms with Crippen LogP contribution in [0, 0.1) is 12.7 Å². The molecule has 1 aromatic heterocycles. The van der Waals surface area contributed by atoms with E-state index in [0.717, 1.165) is 29.4 Å². The quantitative estimate of drug-likeness (QED) is 0.181. The number of halogens is 1. The second-order valence-electron chi connectivity index (χ2n) is 8.10. The first-order valence-electron chi connectivity index (χ1n) is 10.8. The number of rotatable bonds is 7. The highest BCUT2D eigenvalue weighted by Crippen LogP contribution is 2.30. The van der Waals surface area contributed by atoms with Crippen molar-refractivity contribution in [2.45, 2.75) is 52.4 Å². The molecule has 3 aromatic carbocycles. The molecule has 0 aliphatic heterocycles. The maximum atomic E-state index is 15.1. The predicted octanol–water partition coefficient (Wildman–Crippen LogP) is 7.57. The summed E-state index contributed by atoms with van der Waals surface area (Å²) in [7, 11) is 0. The molecule has 0 N–H and O–H groups in total. The molecule has 0 bridgehead atoms. The van der Waals surface area contributed by atoms with E-state index in [2.05, 4.69) is 6.92 Å². The monoisotopic (exact) mass is 402 g/mol. The molecule has 0 saturated carbocycles. The van der Waals surface area contributed by atoms with Gasteiger partial charge in [0.05, 0.1) is 5.39 Å². The Morgan fingerprint density at radius 3 is 2.27 bits per heavy atom. The van der Waals surface area contributed by atoms with Crippen LogP contribution in [0.2, 0.25) is 0 Å². The van der Waals surface area contributed by atoms with Gasteiger partial charge in [0.1, 0.15) is 0 Å². The van der Waals surface area contributed by atoms with E-state index in [1.54, 1.807) is 0 Å². The summed E-state index contributed by atoms with van der Waals surface area (Å²) in [5.74, 6) is -0.399. The van der Waals surface area contributed by atoms with E-state index in [1.165, 1.54) is 24.8 Å². The Hall–Kier alpha value is -2.94. The summed E-state index contributed by atoms with van der Waals surface area (Å²) in [5.41, 5.74) is 3.36. The Balaban J connectivity index is 1.72. The second kappa shape index (κ2) is 8.83. The van der Waals surface area contributed by atoms with Crippen molar-refractivity contribution in [3.8, 4) is 11.1 Å². The first-order valence-corrected chi connectivity index (χ1v) is 10.8. The van der Waals surface area contributed by atoms with Gasteiger partial charge in [0.15, 0.2) is 11.4 Å². The molecule has 0 spiro atoms. The van der Waals surface area contributed by atoms with Gasteiger partial charge in [-0.25, -0.2) is 9.18 Å². The Labute approximate surface area is 176 Å². The molecular formula is C27H27FO2. The molecule has 0 aliphatic rings. The lowest BCUT2D eigenvalue weighted by molar-refractivity contribution is 0.521. The molecule has 2 nitrogen and oxygen atoms in total. The number of aryl methyl sites for hydroxylation is 2. The fraction of sp³-hybridized carbons (Fsp3) is 0.296. The van der Waals surface area contributed by atoms with Crippen LogP contribution in [-0.2, 0) is 6.42 Å². The molecule has 0 amide bonds. The van der Waals surface area contributed by atoms with Crippen LogP contribution in [0.1, 0.15) is 50.2 Å². The molecule has 1 heterocycles. The van der Waals surface area contributed by atoms with E-state index < -0.39 is 11.4 Å². The summed E-state index contributed by atoms with van der Waals surface area (Å²) in [5, 5.41) is 1.85. The van der Waals surface area contributed by atoms with E-state index in [-0.39, 0.29) is 5.58 Å². The van der Waals surface area contributed by atoms with Crippen LogP contribution in [0.25, 0.3) is 32.9 Å². The van der Waals surface area contributed by atoms with Crippen LogP contribution < -0.4 is 5.63 Å². The summed E-state index contributed by atoms with van der Waals surface area (Å²) >= 11 is 0. The molecule has 0 fully saturated rings. The van der Waals surface area contributed by atoms with Crippen LogP contribution in [0.4, 0.5) is 4.39 Å². The number of hydrogen-bond donors (Lipinski definition) is 0. The summed E-state index contributed by atoms with van der Waals surface area (Å²) in [6.45, 7) is 4.22. The normalized spacial score (nSPS) is 11.4. The van der Waals surface area contributed by atoms with Gasteiger partial charge in [0, 0.05) is 10.8 Å². The number of fused-ring (bicyclic) bond motifs is 3. The first kappa shape index (κ1) is 20.3. The van der Waals surface area contributed by atoms with Crippen molar-refractivity contribution in [2.24, 2.45) is 0 Å². The maximum Gasteiger partial charge on any atom is 0.344 e. The minimum absolute atomic E-state index is 0.0710. The highest BCUT2D eigenvalue weighted by Gasteiger charge is 2.15. The van der Waals surface area contributed by atoms with Crippen molar-refractivity contribution in [2.75, 3.05) is 0 Å². The van der Waals surface area contributed by atoms with Crippen LogP contribution in [0.5, 0.6) is 0 Å². The third-order valence-electron chi connectivity index (χ3n) is 5.84. The Morgan fingerprint density at radius 1 is 0.800 bits per heavy atom. The molecule has 0 aliphatic carbocycles. The molecule has 30 heavy (non-hydrogen) atoms. The molecule has 4 aromatic rings. The summed E-state index contributed by atoms with van der Waals surface area (Å²) in [4.78, 5) is 12.7. The van der Waals surface area contributed by atoms with Crippen LogP contribution in [0.15, 0.2) is 63.8 Å². The van der Waals surface area contributed by atoms with Crippen molar-refractivity contribution in [3.63, 3.8) is 0 Å². The molecule has 154 valence electrons. The van der Waals surface area contributed by atoms with Crippen molar-refractivity contribution in [3.05, 3.63) is 82.0 Å². The van der Waals surface area contributed by atoms with Crippen molar-refractivity contribution in [1.82, 2.24) is 0 Å². The van der Waals surface area contributed by atoms with Crippen LogP contribution in [-0.4, -0.2) is 0 Å². The van der Waals surface area contributed by atoms with Gasteiger partial charge < -0.3 is 4.42 Å². The third kappa shape index (κ3) is 4.02. The van der Waals surface area contributed by atoms with Gasteiger partial charge in [-0.1, -0.05) is 86.7 Å². The SMILES string of the molecule is CCCCCCCc1ccc2c(oc(=O)c3cc(-c4ccc(C)cc4)ccc32)c1F. The smallest absolute Gasteiger partial charge is 0.344 e. The van der Waals surface area contributed by atoms with Crippen LogP contribution >= 0.6 is 0 Å². The highest BCUT2D eigenvalue weighted by atomic mass is 19.1. The Morgan fingerprint density at radius 2 is 1.50 bits per heavy atom. The lowest BCUT2D eigenvalue weighted by Crippen LogP contribution is -2.03. The van der Waals surface area contributed by atoms with Gasteiger partial charge in [-0.05, 0) is 42.5 Å². The summed E-state index contributed by atoms with van der Waals surface area (Å²) in [6, 6.07) is 17.6. The van der Waals surface area contributed by atoms with Gasteiger partial charge in [-0.2, -0.15) is 0 Å². The van der Waals surface area contributed by atoms with E-state index in [9.17, 15) is 4.79 Å². The van der Waals surface area contributed by atoms with Crippen LogP contribution in [0.3, 0.4) is 0 Å². The second-order valence-corrected chi connectivity index (χ2v) is 8.10.